The lowest BCUT2D eigenvalue weighted by molar-refractivity contribution is 0.354. The van der Waals surface area contributed by atoms with Crippen LogP contribution in [0.1, 0.15) is 5.56 Å². The number of hydrogen-bond donors (Lipinski definition) is 1. The number of halogens is 1. The number of hydrogen-bond acceptors (Lipinski definition) is 4. The Kier molecular flexibility index (Phi) is 5.74. The van der Waals surface area contributed by atoms with E-state index in [1.54, 1.807) is 50.6 Å². The van der Waals surface area contributed by atoms with Crippen molar-refractivity contribution >= 4 is 27.3 Å². The van der Waals surface area contributed by atoms with E-state index in [1.165, 1.54) is 0 Å². The van der Waals surface area contributed by atoms with Crippen molar-refractivity contribution in [3.05, 3.63) is 53.1 Å². The highest BCUT2D eigenvalue weighted by Crippen LogP contribution is 2.27. The van der Waals surface area contributed by atoms with Crippen molar-refractivity contribution < 1.29 is 17.9 Å². The van der Waals surface area contributed by atoms with E-state index >= 15 is 0 Å². The lowest BCUT2D eigenvalue weighted by Crippen LogP contribution is -2.18. The Balaban J connectivity index is 2.02. The van der Waals surface area contributed by atoms with E-state index in [4.69, 9.17) is 21.1 Å². The maximum atomic E-state index is 12.1. The van der Waals surface area contributed by atoms with Gasteiger partial charge in [-0.1, -0.05) is 17.7 Å². The average molecular weight is 356 g/mol. The van der Waals surface area contributed by atoms with Crippen molar-refractivity contribution in [2.45, 2.75) is 6.42 Å². The van der Waals surface area contributed by atoms with Crippen LogP contribution in [0.3, 0.4) is 0 Å². The van der Waals surface area contributed by atoms with Crippen molar-refractivity contribution in [3.8, 4) is 11.5 Å². The first-order valence-corrected chi connectivity index (χ1v) is 8.93. The first-order valence-electron chi connectivity index (χ1n) is 6.90. The van der Waals surface area contributed by atoms with E-state index in [0.717, 1.165) is 5.56 Å². The molecule has 0 amide bonds. The standard InChI is InChI=1S/C16H18ClNO4S/c1-21-15-8-3-12(11-16(15)22-2)9-10-23(19,20)18-14-6-4-13(17)5-7-14/h3-8,11,18H,9-10H2,1-2H3. The molecule has 23 heavy (non-hydrogen) atoms. The van der Waals surface area contributed by atoms with Gasteiger partial charge < -0.3 is 9.47 Å². The quantitative estimate of drug-likeness (QED) is 0.827. The second kappa shape index (κ2) is 7.57. The van der Waals surface area contributed by atoms with Crippen LogP contribution < -0.4 is 14.2 Å². The summed E-state index contributed by atoms with van der Waals surface area (Å²) in [6, 6.07) is 11.9. The number of benzene rings is 2. The fraction of sp³-hybridized carbons (Fsp3) is 0.250. The highest BCUT2D eigenvalue weighted by molar-refractivity contribution is 7.92. The zero-order valence-electron chi connectivity index (χ0n) is 12.9. The third-order valence-corrected chi connectivity index (χ3v) is 4.77. The Morgan fingerprint density at radius 3 is 2.26 bits per heavy atom. The molecular formula is C16H18ClNO4S. The Bertz CT molecular complexity index is 760. The molecule has 5 nitrogen and oxygen atoms in total. The van der Waals surface area contributed by atoms with Crippen LogP contribution in [0.2, 0.25) is 5.02 Å². The summed E-state index contributed by atoms with van der Waals surface area (Å²) in [4.78, 5) is 0. The summed E-state index contributed by atoms with van der Waals surface area (Å²) < 4.78 is 37.2. The predicted molar refractivity (Wildman–Crippen MR) is 92.1 cm³/mol. The largest absolute Gasteiger partial charge is 0.493 e. The molecule has 0 bridgehead atoms. The lowest BCUT2D eigenvalue weighted by atomic mass is 10.1. The van der Waals surface area contributed by atoms with Crippen LogP contribution in [0.5, 0.6) is 11.5 Å². The Morgan fingerprint density at radius 2 is 1.65 bits per heavy atom. The molecule has 1 N–H and O–H groups in total. The van der Waals surface area contributed by atoms with Gasteiger partial charge in [0.15, 0.2) is 11.5 Å². The molecule has 0 aromatic heterocycles. The van der Waals surface area contributed by atoms with Crippen molar-refractivity contribution in [2.24, 2.45) is 0 Å². The Labute approximate surface area is 141 Å². The summed E-state index contributed by atoms with van der Waals surface area (Å²) in [5, 5.41) is 0.554. The van der Waals surface area contributed by atoms with Crippen LogP contribution in [0.25, 0.3) is 0 Å². The summed E-state index contributed by atoms with van der Waals surface area (Å²) in [6.45, 7) is 0. The topological polar surface area (TPSA) is 64.6 Å². The minimum absolute atomic E-state index is 0.0366. The lowest BCUT2D eigenvalue weighted by Gasteiger charge is -2.11. The Morgan fingerprint density at radius 1 is 1.00 bits per heavy atom. The van der Waals surface area contributed by atoms with Gasteiger partial charge in [0.25, 0.3) is 0 Å². The molecule has 0 spiro atoms. The maximum Gasteiger partial charge on any atom is 0.233 e. The van der Waals surface area contributed by atoms with Crippen LogP contribution in [-0.4, -0.2) is 28.4 Å². The van der Waals surface area contributed by atoms with Crippen molar-refractivity contribution in [3.63, 3.8) is 0 Å². The van der Waals surface area contributed by atoms with Crippen LogP contribution in [-0.2, 0) is 16.4 Å². The molecule has 2 aromatic carbocycles. The molecule has 2 rings (SSSR count). The van der Waals surface area contributed by atoms with Crippen LogP contribution in [0.15, 0.2) is 42.5 Å². The molecule has 0 saturated heterocycles. The first kappa shape index (κ1) is 17.4. The Hall–Kier alpha value is -1.92. The first-order chi connectivity index (χ1) is 10.9. The molecule has 0 saturated carbocycles. The van der Waals surface area contributed by atoms with Gasteiger partial charge in [0.2, 0.25) is 10.0 Å². The van der Waals surface area contributed by atoms with E-state index in [0.29, 0.717) is 28.6 Å². The fourth-order valence-corrected chi connectivity index (χ4v) is 3.26. The highest BCUT2D eigenvalue weighted by Gasteiger charge is 2.12. The molecule has 0 unspecified atom stereocenters. The van der Waals surface area contributed by atoms with Gasteiger partial charge in [0.05, 0.1) is 20.0 Å². The molecule has 0 aliphatic heterocycles. The van der Waals surface area contributed by atoms with E-state index in [2.05, 4.69) is 4.72 Å². The summed E-state index contributed by atoms with van der Waals surface area (Å²) in [5.41, 5.74) is 1.34. The summed E-state index contributed by atoms with van der Waals surface area (Å²) >= 11 is 5.78. The third-order valence-electron chi connectivity index (χ3n) is 3.22. The zero-order valence-corrected chi connectivity index (χ0v) is 14.4. The van der Waals surface area contributed by atoms with Gasteiger partial charge in [0, 0.05) is 10.7 Å². The predicted octanol–water partition coefficient (Wildman–Crippen LogP) is 3.34. The molecule has 0 aliphatic rings. The molecule has 2 aromatic rings. The van der Waals surface area contributed by atoms with Gasteiger partial charge >= 0.3 is 0 Å². The van der Waals surface area contributed by atoms with Crippen molar-refractivity contribution in [1.82, 2.24) is 0 Å². The number of sulfonamides is 1. The van der Waals surface area contributed by atoms with Gasteiger partial charge in [-0.05, 0) is 48.4 Å². The molecule has 0 fully saturated rings. The number of anilines is 1. The van der Waals surface area contributed by atoms with E-state index < -0.39 is 10.0 Å². The summed E-state index contributed by atoms with van der Waals surface area (Å²) in [6.07, 6.45) is 0.364. The number of ether oxygens (including phenoxy) is 2. The maximum absolute atomic E-state index is 12.1. The second-order valence-electron chi connectivity index (χ2n) is 4.87. The van der Waals surface area contributed by atoms with Crippen molar-refractivity contribution in [2.75, 3.05) is 24.7 Å². The van der Waals surface area contributed by atoms with Crippen LogP contribution in [0.4, 0.5) is 5.69 Å². The number of nitrogens with one attached hydrogen (secondary N) is 1. The van der Waals surface area contributed by atoms with E-state index in [9.17, 15) is 8.42 Å². The minimum Gasteiger partial charge on any atom is -0.493 e. The van der Waals surface area contributed by atoms with Gasteiger partial charge in [-0.2, -0.15) is 0 Å². The number of aryl methyl sites for hydroxylation is 1. The minimum atomic E-state index is -3.45. The van der Waals surface area contributed by atoms with Gasteiger partial charge in [-0.15, -0.1) is 0 Å². The van der Waals surface area contributed by atoms with Crippen molar-refractivity contribution in [1.29, 1.82) is 0 Å². The number of rotatable bonds is 7. The van der Waals surface area contributed by atoms with Gasteiger partial charge in [-0.3, -0.25) is 4.72 Å². The molecule has 7 heteroatoms. The third kappa shape index (κ3) is 5.04. The molecule has 0 aliphatic carbocycles. The summed E-state index contributed by atoms with van der Waals surface area (Å²) in [7, 11) is -0.350. The molecular weight excluding hydrogens is 338 g/mol. The SMILES string of the molecule is COc1ccc(CCS(=O)(=O)Nc2ccc(Cl)cc2)cc1OC. The van der Waals surface area contributed by atoms with E-state index in [-0.39, 0.29) is 5.75 Å². The molecule has 124 valence electrons. The smallest absolute Gasteiger partial charge is 0.233 e. The monoisotopic (exact) mass is 355 g/mol. The number of methoxy groups -OCH3 is 2. The molecule has 0 atom stereocenters. The van der Waals surface area contributed by atoms with E-state index in [1.807, 2.05) is 6.07 Å². The zero-order chi connectivity index (χ0) is 16.9. The summed E-state index contributed by atoms with van der Waals surface area (Å²) in [5.74, 6) is 1.15. The molecule has 0 heterocycles. The normalized spacial score (nSPS) is 11.1. The fourth-order valence-electron chi connectivity index (χ4n) is 2.04. The van der Waals surface area contributed by atoms with Crippen LogP contribution >= 0.6 is 11.6 Å². The van der Waals surface area contributed by atoms with Gasteiger partial charge in [0.1, 0.15) is 0 Å². The van der Waals surface area contributed by atoms with Crippen LogP contribution in [0, 0.1) is 0 Å². The molecule has 0 radical (unpaired) electrons. The highest BCUT2D eigenvalue weighted by atomic mass is 35.5. The van der Waals surface area contributed by atoms with Gasteiger partial charge in [-0.25, -0.2) is 8.42 Å². The average Bonchev–Trinajstić information content (AvgIpc) is 2.54. The second-order valence-corrected chi connectivity index (χ2v) is 7.15.